The summed E-state index contributed by atoms with van der Waals surface area (Å²) in [5.41, 5.74) is -0.535. The maximum Gasteiger partial charge on any atom is 0.304 e. The number of azo groups is 1. The number of non-ortho nitro benzene ring substituents is 1. The van der Waals surface area contributed by atoms with Gasteiger partial charge in [0, 0.05) is 45.9 Å². The average Bonchev–Trinajstić information content (AvgIpc) is 2.86. The maximum atomic E-state index is 11.7. The van der Waals surface area contributed by atoms with Gasteiger partial charge in [-0.2, -0.15) is 0 Å². The molecule has 0 heterocycles. The van der Waals surface area contributed by atoms with Gasteiger partial charge < -0.3 is 24.8 Å². The molecule has 2 rings (SSSR count). The fourth-order valence-corrected chi connectivity index (χ4v) is 3.95. The second-order valence-corrected chi connectivity index (χ2v) is 9.04. The number of ether oxygens (including phenoxy) is 3. The highest BCUT2D eigenvalue weighted by Crippen LogP contribution is 2.41. The molecule has 0 aliphatic heterocycles. The number of hydrogen-bond acceptors (Lipinski definition) is 13. The Hall–Kier alpha value is -4.67. The van der Waals surface area contributed by atoms with E-state index < -0.39 is 45.3 Å². The van der Waals surface area contributed by atoms with Gasteiger partial charge in [-0.3, -0.25) is 34.6 Å². The third-order valence-electron chi connectivity index (χ3n) is 4.97. The highest BCUT2D eigenvalue weighted by Gasteiger charge is 2.24. The summed E-state index contributed by atoms with van der Waals surface area (Å²) >= 11 is 3.08. The minimum Gasteiger partial charge on any atom is -0.492 e. The molecule has 0 saturated carbocycles. The zero-order valence-corrected chi connectivity index (χ0v) is 24.1. The Bertz CT molecular complexity index is 1350. The number of amides is 1. The lowest BCUT2D eigenvalue weighted by molar-refractivity contribution is -0.393. The van der Waals surface area contributed by atoms with Crippen molar-refractivity contribution in [3.63, 3.8) is 0 Å². The van der Waals surface area contributed by atoms with Crippen LogP contribution in [0.25, 0.3) is 0 Å². The van der Waals surface area contributed by atoms with Gasteiger partial charge in [0.05, 0.1) is 38.4 Å². The molecule has 220 valence electrons. The summed E-state index contributed by atoms with van der Waals surface area (Å²) in [4.78, 5) is 55.7. The quantitative estimate of drug-likeness (QED) is 0.0726. The number of rotatable bonds is 14. The molecule has 41 heavy (non-hydrogen) atoms. The molecule has 0 saturated heterocycles. The highest BCUT2D eigenvalue weighted by molar-refractivity contribution is 9.10. The fraction of sp³-hybridized carbons (Fsp3) is 0.375. The van der Waals surface area contributed by atoms with Crippen LogP contribution in [0.5, 0.6) is 5.75 Å². The van der Waals surface area contributed by atoms with Crippen molar-refractivity contribution in [3.8, 4) is 5.75 Å². The molecular formula is C24H27BrN6O10. The van der Waals surface area contributed by atoms with E-state index >= 15 is 0 Å². The lowest BCUT2D eigenvalue weighted by Crippen LogP contribution is -2.38. The first-order valence-corrected chi connectivity index (χ1v) is 12.8. The molecule has 0 aliphatic carbocycles. The fourth-order valence-electron chi connectivity index (χ4n) is 3.43. The number of nitrogens with zero attached hydrogens (tertiary/aromatic N) is 4. The van der Waals surface area contributed by atoms with Crippen LogP contribution >= 0.6 is 15.9 Å². The Morgan fingerprint density at radius 3 is 2.29 bits per heavy atom. The van der Waals surface area contributed by atoms with E-state index in [4.69, 9.17) is 14.2 Å². The molecule has 0 aliphatic rings. The van der Waals surface area contributed by atoms with Gasteiger partial charge in [0.2, 0.25) is 5.91 Å². The van der Waals surface area contributed by atoms with E-state index in [-0.39, 0.29) is 42.0 Å². The predicted molar refractivity (Wildman–Crippen MR) is 147 cm³/mol. The van der Waals surface area contributed by atoms with Gasteiger partial charge in [0.25, 0.3) is 5.69 Å². The Morgan fingerprint density at radius 2 is 1.73 bits per heavy atom. The Morgan fingerprint density at radius 1 is 1.02 bits per heavy atom. The van der Waals surface area contributed by atoms with E-state index in [1.54, 1.807) is 13.0 Å². The molecule has 0 fully saturated rings. The first-order chi connectivity index (χ1) is 19.3. The summed E-state index contributed by atoms with van der Waals surface area (Å²) in [5.74, 6) is -1.30. The molecule has 1 atom stereocenters. The van der Waals surface area contributed by atoms with Crippen LogP contribution < -0.4 is 15.4 Å². The largest absolute Gasteiger partial charge is 0.492 e. The van der Waals surface area contributed by atoms with E-state index in [1.807, 2.05) is 0 Å². The van der Waals surface area contributed by atoms with E-state index in [2.05, 4.69) is 36.8 Å². The number of anilines is 1. The van der Waals surface area contributed by atoms with E-state index in [0.29, 0.717) is 17.0 Å². The van der Waals surface area contributed by atoms with Crippen LogP contribution in [0.2, 0.25) is 0 Å². The summed E-state index contributed by atoms with van der Waals surface area (Å²) in [6.07, 6.45) is -1.20. The van der Waals surface area contributed by atoms with Crippen molar-refractivity contribution in [2.24, 2.45) is 10.2 Å². The van der Waals surface area contributed by atoms with Crippen molar-refractivity contribution >= 4 is 62.2 Å². The number of nitro groups is 2. The molecule has 0 bridgehead atoms. The zero-order chi connectivity index (χ0) is 30.7. The molecule has 2 aromatic rings. The number of nitro benzene ring substituents is 2. The van der Waals surface area contributed by atoms with Crippen molar-refractivity contribution in [2.45, 2.75) is 40.3 Å². The molecule has 2 N–H and O–H groups in total. The molecule has 2 aromatic carbocycles. The van der Waals surface area contributed by atoms with Gasteiger partial charge in [-0.25, -0.2) is 0 Å². The summed E-state index contributed by atoms with van der Waals surface area (Å²) in [5, 5.41) is 36.6. The van der Waals surface area contributed by atoms with E-state index in [1.165, 1.54) is 26.8 Å². The maximum absolute atomic E-state index is 11.7. The van der Waals surface area contributed by atoms with Gasteiger partial charge in [-0.05, 0) is 34.5 Å². The molecule has 1 unspecified atom stereocenters. The summed E-state index contributed by atoms with van der Waals surface area (Å²) in [6.45, 7) is 5.93. The van der Waals surface area contributed by atoms with E-state index in [9.17, 15) is 34.6 Å². The number of nitrogens with one attached hydrogen (secondary N) is 2. The SMILES string of the molecule is CCOc1cc(N=Nc2c(Br)cc([N+](=O)[O-])cc2[N+](=O)[O-])c(CC(NC(C)=O)OC(C)=O)cc1NCCOC(C)=O. The molecule has 0 spiro atoms. The second kappa shape index (κ2) is 15.2. The predicted octanol–water partition coefficient (Wildman–Crippen LogP) is 4.62. The number of carbonyl (C=O) groups is 3. The van der Waals surface area contributed by atoms with Crippen LogP contribution in [-0.2, 0) is 30.3 Å². The molecular weight excluding hydrogens is 612 g/mol. The number of halogens is 1. The van der Waals surface area contributed by atoms with Crippen LogP contribution in [0, 0.1) is 20.2 Å². The third kappa shape index (κ3) is 10.1. The van der Waals surface area contributed by atoms with Crippen LogP contribution in [-0.4, -0.2) is 53.7 Å². The summed E-state index contributed by atoms with van der Waals surface area (Å²) < 4.78 is 15.8. The normalized spacial score (nSPS) is 11.4. The van der Waals surface area contributed by atoms with Crippen molar-refractivity contribution in [3.05, 3.63) is 54.5 Å². The summed E-state index contributed by atoms with van der Waals surface area (Å²) in [7, 11) is 0. The smallest absolute Gasteiger partial charge is 0.304 e. The van der Waals surface area contributed by atoms with Crippen LogP contribution in [0.1, 0.15) is 33.3 Å². The lowest BCUT2D eigenvalue weighted by atomic mass is 10.1. The van der Waals surface area contributed by atoms with Crippen LogP contribution in [0.15, 0.2) is 39.0 Å². The first kappa shape index (κ1) is 32.5. The number of carbonyl (C=O) groups excluding carboxylic acids is 3. The topological polar surface area (TPSA) is 214 Å². The molecule has 1 amide bonds. The monoisotopic (exact) mass is 638 g/mol. The van der Waals surface area contributed by atoms with Crippen molar-refractivity contribution in [2.75, 3.05) is 25.1 Å². The third-order valence-corrected chi connectivity index (χ3v) is 5.58. The van der Waals surface area contributed by atoms with Gasteiger partial charge in [0.15, 0.2) is 11.9 Å². The number of hydrogen-bond donors (Lipinski definition) is 2. The average molecular weight is 639 g/mol. The first-order valence-electron chi connectivity index (χ1n) is 12.0. The lowest BCUT2D eigenvalue weighted by Gasteiger charge is -2.20. The zero-order valence-electron chi connectivity index (χ0n) is 22.5. The van der Waals surface area contributed by atoms with Crippen LogP contribution in [0.3, 0.4) is 0 Å². The van der Waals surface area contributed by atoms with Gasteiger partial charge >= 0.3 is 17.6 Å². The number of benzene rings is 2. The van der Waals surface area contributed by atoms with Gasteiger partial charge in [-0.1, -0.05) is 0 Å². The molecule has 0 radical (unpaired) electrons. The number of esters is 2. The molecule has 0 aromatic heterocycles. The van der Waals surface area contributed by atoms with Gasteiger partial charge in [0.1, 0.15) is 12.4 Å². The molecule has 16 nitrogen and oxygen atoms in total. The Labute approximate surface area is 241 Å². The minimum absolute atomic E-state index is 0.0477. The van der Waals surface area contributed by atoms with Crippen LogP contribution in [0.4, 0.5) is 28.4 Å². The minimum atomic E-state index is -1.11. The highest BCUT2D eigenvalue weighted by atomic mass is 79.9. The van der Waals surface area contributed by atoms with Crippen molar-refractivity contribution < 1.29 is 38.4 Å². The summed E-state index contributed by atoms with van der Waals surface area (Å²) in [6, 6.07) is 4.87. The van der Waals surface area contributed by atoms with Gasteiger partial charge in [-0.15, -0.1) is 10.2 Å². The van der Waals surface area contributed by atoms with Crippen molar-refractivity contribution in [1.29, 1.82) is 0 Å². The second-order valence-electron chi connectivity index (χ2n) is 8.19. The standard InChI is InChI=1S/C24H27BrN6O10/c1-5-39-22-12-19(28-29-24-18(25)10-17(30(35)36)11-21(24)31(37)38)16(8-20(22)26-6-7-40-14(3)33)9-23(27-13(2)32)41-15(4)34/h8,10-12,23,26H,5-7,9H2,1-4H3,(H,27,32). The molecule has 17 heteroatoms. The Balaban J connectivity index is 2.65. The Kier molecular flexibility index (Phi) is 12.1. The van der Waals surface area contributed by atoms with Crippen molar-refractivity contribution in [1.82, 2.24) is 5.32 Å². The van der Waals surface area contributed by atoms with E-state index in [0.717, 1.165) is 12.1 Å².